The van der Waals surface area contributed by atoms with E-state index in [4.69, 9.17) is 5.73 Å². The summed E-state index contributed by atoms with van der Waals surface area (Å²) < 4.78 is 26.5. The van der Waals surface area contributed by atoms with Crippen LogP contribution in [0.15, 0.2) is 12.1 Å². The van der Waals surface area contributed by atoms with Gasteiger partial charge < -0.3 is 11.1 Å². The lowest BCUT2D eigenvalue weighted by molar-refractivity contribution is 0.00148. The van der Waals surface area contributed by atoms with E-state index in [9.17, 15) is 8.78 Å². The van der Waals surface area contributed by atoms with E-state index in [0.717, 1.165) is 24.9 Å². The number of halogens is 2. The fourth-order valence-electron chi connectivity index (χ4n) is 1.64. The third kappa shape index (κ3) is 1.92. The van der Waals surface area contributed by atoms with Crippen molar-refractivity contribution in [3.63, 3.8) is 0 Å². The molecule has 1 aromatic rings. The molecule has 0 saturated carbocycles. The van der Waals surface area contributed by atoms with Gasteiger partial charge in [0.05, 0.1) is 6.54 Å². The molecule has 3 nitrogen and oxygen atoms in total. The summed E-state index contributed by atoms with van der Waals surface area (Å²) in [6.07, 6.45) is 1.91. The summed E-state index contributed by atoms with van der Waals surface area (Å²) >= 11 is 0. The molecule has 0 saturated heterocycles. The second-order valence-electron chi connectivity index (χ2n) is 3.64. The first-order valence-corrected chi connectivity index (χ1v) is 4.95. The molecular weight excluding hydrogens is 200 g/mol. The number of nitrogens with one attached hydrogen (secondary N) is 1. The zero-order valence-corrected chi connectivity index (χ0v) is 8.26. The number of pyridine rings is 1. The Labute approximate surface area is 86.7 Å². The fraction of sp³-hybridized carbons (Fsp3) is 0.500. The predicted octanol–water partition coefficient (Wildman–Crippen LogP) is 1.49. The smallest absolute Gasteiger partial charge is 0.301 e. The largest absolute Gasteiger partial charge is 0.370 e. The van der Waals surface area contributed by atoms with Gasteiger partial charge in [0.1, 0.15) is 11.5 Å². The molecule has 0 unspecified atom stereocenters. The van der Waals surface area contributed by atoms with Gasteiger partial charge in [0.25, 0.3) is 0 Å². The number of hydrogen-bond acceptors (Lipinski definition) is 3. The summed E-state index contributed by atoms with van der Waals surface area (Å²) in [5, 5.41) is 3.01. The van der Waals surface area contributed by atoms with E-state index < -0.39 is 12.5 Å². The SMILES string of the molecule is NCC(F)(F)c1ccc2c(n1)NCCC2. The third-order valence-corrected chi connectivity index (χ3v) is 2.53. The quantitative estimate of drug-likeness (QED) is 0.782. The number of nitrogens with zero attached hydrogens (tertiary/aromatic N) is 1. The first-order chi connectivity index (χ1) is 7.13. The lowest BCUT2D eigenvalue weighted by Crippen LogP contribution is -2.27. The molecular formula is C10H13F2N3. The molecule has 0 atom stereocenters. The molecule has 1 aromatic heterocycles. The normalized spacial score (nSPS) is 15.7. The van der Waals surface area contributed by atoms with Crippen molar-refractivity contribution in [3.8, 4) is 0 Å². The van der Waals surface area contributed by atoms with Gasteiger partial charge in [-0.05, 0) is 24.5 Å². The van der Waals surface area contributed by atoms with Crippen molar-refractivity contribution in [1.82, 2.24) is 4.98 Å². The minimum Gasteiger partial charge on any atom is -0.370 e. The molecule has 1 aliphatic rings. The predicted molar refractivity (Wildman–Crippen MR) is 54.0 cm³/mol. The molecule has 0 amide bonds. The van der Waals surface area contributed by atoms with E-state index in [1.807, 2.05) is 0 Å². The topological polar surface area (TPSA) is 50.9 Å². The lowest BCUT2D eigenvalue weighted by Gasteiger charge is -2.20. The van der Waals surface area contributed by atoms with E-state index in [1.54, 1.807) is 6.07 Å². The Hall–Kier alpha value is -1.23. The Balaban J connectivity index is 2.36. The second-order valence-corrected chi connectivity index (χ2v) is 3.64. The van der Waals surface area contributed by atoms with Gasteiger partial charge in [-0.15, -0.1) is 0 Å². The number of aromatic nitrogens is 1. The van der Waals surface area contributed by atoms with Crippen molar-refractivity contribution < 1.29 is 8.78 Å². The zero-order chi connectivity index (χ0) is 10.9. The van der Waals surface area contributed by atoms with Crippen LogP contribution in [0.25, 0.3) is 0 Å². The molecule has 0 bridgehead atoms. The molecule has 0 spiro atoms. The summed E-state index contributed by atoms with van der Waals surface area (Å²) in [5.74, 6) is -2.46. The number of rotatable bonds is 2. The highest BCUT2D eigenvalue weighted by atomic mass is 19.3. The van der Waals surface area contributed by atoms with Crippen molar-refractivity contribution in [2.24, 2.45) is 5.73 Å². The van der Waals surface area contributed by atoms with Crippen LogP contribution in [0.3, 0.4) is 0 Å². The summed E-state index contributed by atoms with van der Waals surface area (Å²) in [4.78, 5) is 3.91. The van der Waals surface area contributed by atoms with E-state index in [2.05, 4.69) is 10.3 Å². The van der Waals surface area contributed by atoms with E-state index in [0.29, 0.717) is 5.82 Å². The second kappa shape index (κ2) is 3.73. The fourth-order valence-corrected chi connectivity index (χ4v) is 1.64. The molecule has 0 radical (unpaired) electrons. The van der Waals surface area contributed by atoms with Crippen LogP contribution >= 0.6 is 0 Å². The molecule has 0 fully saturated rings. The molecule has 1 aliphatic heterocycles. The van der Waals surface area contributed by atoms with Crippen LogP contribution in [0.4, 0.5) is 14.6 Å². The highest BCUT2D eigenvalue weighted by Gasteiger charge is 2.32. The first kappa shape index (κ1) is 10.3. The van der Waals surface area contributed by atoms with Gasteiger partial charge in [0.15, 0.2) is 0 Å². The summed E-state index contributed by atoms with van der Waals surface area (Å²) in [6, 6.07) is 3.06. The number of aryl methyl sites for hydroxylation is 1. The van der Waals surface area contributed by atoms with Crippen LogP contribution in [-0.2, 0) is 12.3 Å². The van der Waals surface area contributed by atoms with Crippen LogP contribution in [-0.4, -0.2) is 18.1 Å². The highest BCUT2D eigenvalue weighted by molar-refractivity contribution is 5.47. The minimum absolute atomic E-state index is 0.252. The molecule has 5 heteroatoms. The number of fused-ring (bicyclic) bond motifs is 1. The van der Waals surface area contributed by atoms with Gasteiger partial charge >= 0.3 is 5.92 Å². The Kier molecular flexibility index (Phi) is 2.56. The first-order valence-electron chi connectivity index (χ1n) is 4.95. The molecule has 2 rings (SSSR count). The van der Waals surface area contributed by atoms with E-state index in [1.165, 1.54) is 6.07 Å². The Morgan fingerprint density at radius 3 is 3.00 bits per heavy atom. The average molecular weight is 213 g/mol. The van der Waals surface area contributed by atoms with Gasteiger partial charge in [-0.25, -0.2) is 4.98 Å². The number of hydrogen-bond donors (Lipinski definition) is 2. The zero-order valence-electron chi connectivity index (χ0n) is 8.26. The lowest BCUT2D eigenvalue weighted by atomic mass is 10.1. The van der Waals surface area contributed by atoms with Gasteiger partial charge in [-0.1, -0.05) is 6.07 Å². The van der Waals surface area contributed by atoms with Gasteiger partial charge in [-0.3, -0.25) is 0 Å². The number of nitrogens with two attached hydrogens (primary N) is 1. The number of alkyl halides is 2. The van der Waals surface area contributed by atoms with Gasteiger partial charge in [0.2, 0.25) is 0 Å². The van der Waals surface area contributed by atoms with Crippen LogP contribution in [0.5, 0.6) is 0 Å². The minimum atomic E-state index is -3.03. The maximum Gasteiger partial charge on any atom is 0.301 e. The van der Waals surface area contributed by atoms with Crippen LogP contribution in [0, 0.1) is 0 Å². The Bertz CT molecular complexity index is 366. The van der Waals surface area contributed by atoms with E-state index in [-0.39, 0.29) is 5.69 Å². The summed E-state index contributed by atoms with van der Waals surface area (Å²) in [5.41, 5.74) is 5.75. The van der Waals surface area contributed by atoms with Crippen molar-refractivity contribution in [3.05, 3.63) is 23.4 Å². The molecule has 3 N–H and O–H groups in total. The number of anilines is 1. The van der Waals surface area contributed by atoms with E-state index >= 15 is 0 Å². The maximum atomic E-state index is 13.2. The Morgan fingerprint density at radius 1 is 1.47 bits per heavy atom. The molecule has 0 aliphatic carbocycles. The average Bonchev–Trinajstić information content (AvgIpc) is 2.28. The summed E-state index contributed by atoms with van der Waals surface area (Å²) in [7, 11) is 0. The van der Waals surface area contributed by atoms with Crippen LogP contribution in [0.1, 0.15) is 17.7 Å². The molecule has 82 valence electrons. The van der Waals surface area contributed by atoms with Crippen LogP contribution < -0.4 is 11.1 Å². The van der Waals surface area contributed by atoms with Crippen LogP contribution in [0.2, 0.25) is 0 Å². The standard InChI is InChI=1S/C10H13F2N3/c11-10(12,6-13)8-4-3-7-2-1-5-14-9(7)15-8/h3-4H,1-2,5-6,13H2,(H,14,15). The molecule has 0 aromatic carbocycles. The van der Waals surface area contributed by atoms with Gasteiger partial charge in [0, 0.05) is 6.54 Å². The van der Waals surface area contributed by atoms with Crippen molar-refractivity contribution in [1.29, 1.82) is 0 Å². The molecule has 2 heterocycles. The third-order valence-electron chi connectivity index (χ3n) is 2.53. The van der Waals surface area contributed by atoms with Crippen molar-refractivity contribution >= 4 is 5.82 Å². The Morgan fingerprint density at radius 2 is 2.27 bits per heavy atom. The van der Waals surface area contributed by atoms with Crippen molar-refractivity contribution in [2.45, 2.75) is 18.8 Å². The molecule has 15 heavy (non-hydrogen) atoms. The summed E-state index contributed by atoms with van der Waals surface area (Å²) in [6.45, 7) is 0.0798. The monoisotopic (exact) mass is 213 g/mol. The van der Waals surface area contributed by atoms with Gasteiger partial charge in [-0.2, -0.15) is 8.78 Å². The maximum absolute atomic E-state index is 13.2. The van der Waals surface area contributed by atoms with Crippen molar-refractivity contribution in [2.75, 3.05) is 18.4 Å². The highest BCUT2D eigenvalue weighted by Crippen LogP contribution is 2.28.